The Labute approximate surface area is 126 Å². The minimum absolute atomic E-state index is 0.0884. The van der Waals surface area contributed by atoms with Gasteiger partial charge in [-0.2, -0.15) is 0 Å². The molecule has 21 heavy (non-hydrogen) atoms. The van der Waals surface area contributed by atoms with E-state index >= 15 is 0 Å². The van der Waals surface area contributed by atoms with E-state index in [1.807, 2.05) is 12.1 Å². The third-order valence-electron chi connectivity index (χ3n) is 3.88. The molecule has 0 spiro atoms. The topological polar surface area (TPSA) is 23.5 Å². The van der Waals surface area contributed by atoms with Crippen LogP contribution in [-0.2, 0) is 19.5 Å². The van der Waals surface area contributed by atoms with Crippen molar-refractivity contribution in [3.05, 3.63) is 70.8 Å². The molecule has 0 fully saturated rings. The monoisotopic (exact) mass is 277 g/mol. The Morgan fingerprint density at radius 1 is 1.00 bits per heavy atom. The Morgan fingerprint density at radius 3 is 2.52 bits per heavy atom. The molecule has 0 bridgehead atoms. The molecule has 1 aliphatic heterocycles. The fourth-order valence-electron chi connectivity index (χ4n) is 2.78. The summed E-state index contributed by atoms with van der Waals surface area (Å²) in [5.41, 5.74) is 5.21. The highest BCUT2D eigenvalue weighted by Gasteiger charge is 2.15. The van der Waals surface area contributed by atoms with Crippen molar-refractivity contribution in [2.45, 2.75) is 19.5 Å². The van der Waals surface area contributed by atoms with Gasteiger partial charge >= 0.3 is 0 Å². The van der Waals surface area contributed by atoms with E-state index in [0.717, 1.165) is 31.6 Å². The minimum atomic E-state index is -0.0884. The first kappa shape index (κ1) is 13.9. The van der Waals surface area contributed by atoms with Crippen LogP contribution in [0.1, 0.15) is 22.3 Å². The van der Waals surface area contributed by atoms with Crippen molar-refractivity contribution in [2.75, 3.05) is 13.2 Å². The molecule has 2 nitrogen and oxygen atoms in total. The smallest absolute Gasteiger partial charge is 0.104 e. The number of hydrogen-bond donors (Lipinski definition) is 1. The normalized spacial score (nSPS) is 14.1. The molecule has 1 heterocycles. The predicted octanol–water partition coefficient (Wildman–Crippen LogP) is 2.59. The van der Waals surface area contributed by atoms with Gasteiger partial charge in [0.25, 0.3) is 0 Å². The summed E-state index contributed by atoms with van der Waals surface area (Å²) in [6, 6.07) is 17.0. The molecule has 2 heteroatoms. The van der Waals surface area contributed by atoms with Crippen molar-refractivity contribution in [3.63, 3.8) is 0 Å². The van der Waals surface area contributed by atoms with Gasteiger partial charge in [-0.15, -0.1) is 0 Å². The number of fused-ring (bicyclic) bond motifs is 1. The molecule has 106 valence electrons. The van der Waals surface area contributed by atoms with Crippen LogP contribution in [0.3, 0.4) is 0 Å². The Kier molecular flexibility index (Phi) is 4.35. The third kappa shape index (κ3) is 3.52. The largest absolute Gasteiger partial charge is 0.384 e. The summed E-state index contributed by atoms with van der Waals surface area (Å²) in [4.78, 5) is 2.48. The number of benzene rings is 2. The van der Waals surface area contributed by atoms with E-state index in [1.54, 1.807) is 0 Å². The molecule has 0 saturated carbocycles. The van der Waals surface area contributed by atoms with Gasteiger partial charge in [-0.05, 0) is 35.2 Å². The van der Waals surface area contributed by atoms with Gasteiger partial charge in [0.2, 0.25) is 0 Å². The highest BCUT2D eigenvalue weighted by Crippen LogP contribution is 2.20. The first-order valence-corrected chi connectivity index (χ1v) is 7.33. The predicted molar refractivity (Wildman–Crippen MR) is 84.7 cm³/mol. The lowest BCUT2D eigenvalue weighted by Gasteiger charge is -2.28. The van der Waals surface area contributed by atoms with Crippen LogP contribution >= 0.6 is 0 Å². The van der Waals surface area contributed by atoms with E-state index in [0.29, 0.717) is 0 Å². The van der Waals surface area contributed by atoms with E-state index in [4.69, 9.17) is 5.11 Å². The Hall–Kier alpha value is -2.08. The molecule has 0 aromatic heterocycles. The number of rotatable bonds is 2. The van der Waals surface area contributed by atoms with Gasteiger partial charge in [0.15, 0.2) is 0 Å². The summed E-state index contributed by atoms with van der Waals surface area (Å²) in [6.07, 6.45) is 1.14. The van der Waals surface area contributed by atoms with Gasteiger partial charge in [0.05, 0.1) is 0 Å². The lowest BCUT2D eigenvalue weighted by Crippen LogP contribution is -2.29. The molecule has 1 aliphatic rings. The van der Waals surface area contributed by atoms with Crippen molar-refractivity contribution < 1.29 is 5.11 Å². The molecule has 0 unspecified atom stereocenters. The van der Waals surface area contributed by atoms with Crippen LogP contribution in [0.25, 0.3) is 0 Å². The maximum atomic E-state index is 8.70. The fraction of sp³-hybridized carbons (Fsp3) is 0.263. The van der Waals surface area contributed by atoms with Crippen LogP contribution in [0.2, 0.25) is 0 Å². The quantitative estimate of drug-likeness (QED) is 0.853. The molecule has 0 atom stereocenters. The minimum Gasteiger partial charge on any atom is -0.384 e. The lowest BCUT2D eigenvalue weighted by molar-refractivity contribution is 0.245. The molecule has 0 saturated heterocycles. The zero-order valence-electron chi connectivity index (χ0n) is 12.0. The highest BCUT2D eigenvalue weighted by molar-refractivity contribution is 5.36. The fourth-order valence-corrected chi connectivity index (χ4v) is 2.78. The zero-order chi connectivity index (χ0) is 14.5. The summed E-state index contributed by atoms with van der Waals surface area (Å²) in [5.74, 6) is 5.60. The average Bonchev–Trinajstić information content (AvgIpc) is 2.54. The molecule has 2 aromatic rings. The maximum Gasteiger partial charge on any atom is 0.104 e. The van der Waals surface area contributed by atoms with Crippen LogP contribution < -0.4 is 0 Å². The summed E-state index contributed by atoms with van der Waals surface area (Å²) in [6.45, 7) is 3.03. The first-order valence-electron chi connectivity index (χ1n) is 7.33. The van der Waals surface area contributed by atoms with Gasteiger partial charge in [0.1, 0.15) is 6.61 Å². The molecule has 3 rings (SSSR count). The van der Waals surface area contributed by atoms with Crippen molar-refractivity contribution in [2.24, 2.45) is 0 Å². The standard InChI is InChI=1S/C19H19NO/c21-13-3-4-16-7-9-17(10-8-16)14-20-12-11-18-5-1-2-6-19(18)15-20/h1-2,5-10,21H,11-15H2. The number of nitrogens with zero attached hydrogens (tertiary/aromatic N) is 1. The van der Waals surface area contributed by atoms with Gasteiger partial charge in [0, 0.05) is 25.2 Å². The molecular formula is C19H19NO. The lowest BCUT2D eigenvalue weighted by atomic mass is 9.99. The van der Waals surface area contributed by atoms with Crippen molar-refractivity contribution in [3.8, 4) is 11.8 Å². The number of aliphatic hydroxyl groups is 1. The van der Waals surface area contributed by atoms with Gasteiger partial charge in [-0.25, -0.2) is 0 Å². The molecular weight excluding hydrogens is 258 g/mol. The molecule has 0 aliphatic carbocycles. The average molecular weight is 277 g/mol. The first-order chi connectivity index (χ1) is 10.3. The Morgan fingerprint density at radius 2 is 1.76 bits per heavy atom. The summed E-state index contributed by atoms with van der Waals surface area (Å²) in [7, 11) is 0. The molecule has 1 N–H and O–H groups in total. The van der Waals surface area contributed by atoms with E-state index in [-0.39, 0.29) is 6.61 Å². The zero-order valence-corrected chi connectivity index (χ0v) is 12.0. The SMILES string of the molecule is OCC#Cc1ccc(CN2CCc3ccccc3C2)cc1. The Balaban J connectivity index is 1.65. The summed E-state index contributed by atoms with van der Waals surface area (Å²) < 4.78 is 0. The van der Waals surface area contributed by atoms with Crippen molar-refractivity contribution in [1.29, 1.82) is 0 Å². The van der Waals surface area contributed by atoms with Crippen LogP contribution in [-0.4, -0.2) is 23.2 Å². The number of hydrogen-bond acceptors (Lipinski definition) is 2. The van der Waals surface area contributed by atoms with Crippen LogP contribution in [0.5, 0.6) is 0 Å². The van der Waals surface area contributed by atoms with Crippen molar-refractivity contribution >= 4 is 0 Å². The summed E-state index contributed by atoms with van der Waals surface area (Å²) >= 11 is 0. The highest BCUT2D eigenvalue weighted by atomic mass is 16.2. The van der Waals surface area contributed by atoms with E-state index in [2.05, 4.69) is 53.1 Å². The van der Waals surface area contributed by atoms with Gasteiger partial charge < -0.3 is 5.11 Å². The van der Waals surface area contributed by atoms with Crippen LogP contribution in [0.15, 0.2) is 48.5 Å². The van der Waals surface area contributed by atoms with Gasteiger partial charge in [-0.3, -0.25) is 4.90 Å². The Bertz CT molecular complexity index is 664. The second-order valence-corrected chi connectivity index (χ2v) is 5.39. The van der Waals surface area contributed by atoms with E-state index < -0.39 is 0 Å². The third-order valence-corrected chi connectivity index (χ3v) is 3.88. The van der Waals surface area contributed by atoms with Crippen molar-refractivity contribution in [1.82, 2.24) is 4.90 Å². The second kappa shape index (κ2) is 6.58. The van der Waals surface area contributed by atoms with Crippen LogP contribution in [0, 0.1) is 11.8 Å². The molecule has 0 radical (unpaired) electrons. The van der Waals surface area contributed by atoms with Gasteiger partial charge in [-0.1, -0.05) is 48.2 Å². The molecule has 2 aromatic carbocycles. The summed E-state index contributed by atoms with van der Waals surface area (Å²) in [5, 5.41) is 8.70. The molecule has 0 amide bonds. The number of aliphatic hydroxyl groups excluding tert-OH is 1. The second-order valence-electron chi connectivity index (χ2n) is 5.39. The van der Waals surface area contributed by atoms with E-state index in [1.165, 1.54) is 16.7 Å². The van der Waals surface area contributed by atoms with E-state index in [9.17, 15) is 0 Å². The maximum absolute atomic E-state index is 8.70. The van der Waals surface area contributed by atoms with Crippen LogP contribution in [0.4, 0.5) is 0 Å².